The zero-order valence-electron chi connectivity index (χ0n) is 6.83. The molecule has 0 aliphatic carbocycles. The van der Waals surface area contributed by atoms with Crippen LogP contribution in [-0.2, 0) is 6.42 Å². The van der Waals surface area contributed by atoms with E-state index < -0.39 is 0 Å². The number of nitriles is 1. The van der Waals surface area contributed by atoms with E-state index in [0.29, 0.717) is 5.56 Å². The molecule has 0 saturated carbocycles. The average molecular weight is 158 g/mol. The third-order valence-corrected chi connectivity index (χ3v) is 1.64. The summed E-state index contributed by atoms with van der Waals surface area (Å²) in [4.78, 5) is 3.76. The summed E-state index contributed by atoms with van der Waals surface area (Å²) >= 11 is 0. The Hall–Kier alpha value is -1.62. The Morgan fingerprint density at radius 1 is 1.33 bits per heavy atom. The SMILES string of the molecule is C=NCCc1ccc(C#N)cc1. The summed E-state index contributed by atoms with van der Waals surface area (Å²) < 4.78 is 0. The molecule has 0 amide bonds. The smallest absolute Gasteiger partial charge is 0.0991 e. The van der Waals surface area contributed by atoms with E-state index in [1.807, 2.05) is 24.3 Å². The summed E-state index contributed by atoms with van der Waals surface area (Å²) in [6.45, 7) is 4.15. The van der Waals surface area contributed by atoms with Crippen molar-refractivity contribution in [2.75, 3.05) is 6.54 Å². The fraction of sp³-hybridized carbons (Fsp3) is 0.200. The molecule has 0 heterocycles. The summed E-state index contributed by atoms with van der Waals surface area (Å²) in [5.74, 6) is 0. The molecule has 0 aromatic heterocycles. The molecule has 12 heavy (non-hydrogen) atoms. The van der Waals surface area contributed by atoms with E-state index in [4.69, 9.17) is 5.26 Å². The highest BCUT2D eigenvalue weighted by Gasteiger charge is 1.91. The zero-order chi connectivity index (χ0) is 8.81. The third-order valence-electron chi connectivity index (χ3n) is 1.64. The maximum atomic E-state index is 8.53. The van der Waals surface area contributed by atoms with Gasteiger partial charge in [0.2, 0.25) is 0 Å². The van der Waals surface area contributed by atoms with Gasteiger partial charge in [0.25, 0.3) is 0 Å². The van der Waals surface area contributed by atoms with Crippen molar-refractivity contribution in [3.05, 3.63) is 35.4 Å². The highest BCUT2D eigenvalue weighted by atomic mass is 14.7. The van der Waals surface area contributed by atoms with Gasteiger partial charge in [-0.2, -0.15) is 5.26 Å². The molecule has 0 radical (unpaired) electrons. The van der Waals surface area contributed by atoms with Crippen molar-refractivity contribution in [2.24, 2.45) is 4.99 Å². The van der Waals surface area contributed by atoms with E-state index >= 15 is 0 Å². The summed E-state index contributed by atoms with van der Waals surface area (Å²) in [5.41, 5.74) is 1.90. The average Bonchev–Trinajstić information content (AvgIpc) is 2.15. The van der Waals surface area contributed by atoms with E-state index in [0.717, 1.165) is 13.0 Å². The highest BCUT2D eigenvalue weighted by Crippen LogP contribution is 2.03. The van der Waals surface area contributed by atoms with Gasteiger partial charge in [-0.25, -0.2) is 0 Å². The second-order valence-electron chi connectivity index (χ2n) is 2.51. The van der Waals surface area contributed by atoms with E-state index in [2.05, 4.69) is 17.8 Å². The van der Waals surface area contributed by atoms with Crippen LogP contribution in [-0.4, -0.2) is 13.3 Å². The van der Waals surface area contributed by atoms with E-state index in [9.17, 15) is 0 Å². The molecule has 0 N–H and O–H groups in total. The van der Waals surface area contributed by atoms with Crippen molar-refractivity contribution < 1.29 is 0 Å². The monoisotopic (exact) mass is 158 g/mol. The first-order valence-electron chi connectivity index (χ1n) is 3.78. The molecule has 0 unspecified atom stereocenters. The molecule has 0 atom stereocenters. The molecule has 1 rings (SSSR count). The van der Waals surface area contributed by atoms with Gasteiger partial charge in [0, 0.05) is 6.54 Å². The second kappa shape index (κ2) is 4.30. The lowest BCUT2D eigenvalue weighted by atomic mass is 10.1. The minimum atomic E-state index is 0.699. The van der Waals surface area contributed by atoms with Crippen molar-refractivity contribution in [1.29, 1.82) is 5.26 Å². The van der Waals surface area contributed by atoms with Crippen molar-refractivity contribution in [3.63, 3.8) is 0 Å². The van der Waals surface area contributed by atoms with Crippen LogP contribution >= 0.6 is 0 Å². The molecule has 1 aromatic carbocycles. The lowest BCUT2D eigenvalue weighted by Gasteiger charge is -1.96. The molecular weight excluding hydrogens is 148 g/mol. The van der Waals surface area contributed by atoms with Crippen LogP contribution < -0.4 is 0 Å². The first kappa shape index (κ1) is 8.48. The van der Waals surface area contributed by atoms with Crippen LogP contribution in [0.2, 0.25) is 0 Å². The first-order valence-corrected chi connectivity index (χ1v) is 3.78. The van der Waals surface area contributed by atoms with Gasteiger partial charge >= 0.3 is 0 Å². The van der Waals surface area contributed by atoms with Crippen molar-refractivity contribution in [2.45, 2.75) is 6.42 Å². The van der Waals surface area contributed by atoms with Gasteiger partial charge in [0.05, 0.1) is 11.6 Å². The summed E-state index contributed by atoms with van der Waals surface area (Å²) in [7, 11) is 0. The molecule has 0 aliphatic heterocycles. The molecule has 0 saturated heterocycles. The van der Waals surface area contributed by atoms with Crippen LogP contribution in [0.25, 0.3) is 0 Å². The van der Waals surface area contributed by atoms with E-state index in [-0.39, 0.29) is 0 Å². The van der Waals surface area contributed by atoms with Crippen LogP contribution in [0.5, 0.6) is 0 Å². The zero-order valence-corrected chi connectivity index (χ0v) is 6.83. The van der Waals surface area contributed by atoms with Crippen LogP contribution in [0, 0.1) is 11.3 Å². The molecular formula is C10H10N2. The lowest BCUT2D eigenvalue weighted by molar-refractivity contribution is 0.976. The topological polar surface area (TPSA) is 36.1 Å². The summed E-state index contributed by atoms with van der Waals surface area (Å²) in [5, 5.41) is 8.53. The number of nitrogens with zero attached hydrogens (tertiary/aromatic N) is 2. The van der Waals surface area contributed by atoms with Crippen molar-refractivity contribution >= 4 is 6.72 Å². The van der Waals surface area contributed by atoms with Crippen LogP contribution in [0.1, 0.15) is 11.1 Å². The molecule has 0 fully saturated rings. The number of hydrogen-bond acceptors (Lipinski definition) is 2. The largest absolute Gasteiger partial charge is 0.301 e. The molecule has 60 valence electrons. The molecule has 0 spiro atoms. The van der Waals surface area contributed by atoms with E-state index in [1.54, 1.807) is 0 Å². The van der Waals surface area contributed by atoms with Gasteiger partial charge in [-0.1, -0.05) is 12.1 Å². The van der Waals surface area contributed by atoms with Crippen LogP contribution in [0.3, 0.4) is 0 Å². The van der Waals surface area contributed by atoms with Gasteiger partial charge < -0.3 is 4.99 Å². The van der Waals surface area contributed by atoms with Crippen molar-refractivity contribution in [1.82, 2.24) is 0 Å². The highest BCUT2D eigenvalue weighted by molar-refractivity contribution is 5.31. The fourth-order valence-corrected chi connectivity index (χ4v) is 0.954. The Balaban J connectivity index is 2.66. The predicted octanol–water partition coefficient (Wildman–Crippen LogP) is 1.80. The first-order chi connectivity index (χ1) is 5.86. The van der Waals surface area contributed by atoms with Gasteiger partial charge in [0.15, 0.2) is 0 Å². The molecule has 0 bridgehead atoms. The maximum Gasteiger partial charge on any atom is 0.0991 e. The quantitative estimate of drug-likeness (QED) is 0.618. The Bertz CT molecular complexity index is 293. The molecule has 2 heteroatoms. The Morgan fingerprint density at radius 3 is 2.50 bits per heavy atom. The van der Waals surface area contributed by atoms with Gasteiger partial charge in [-0.3, -0.25) is 0 Å². The third kappa shape index (κ3) is 2.21. The maximum absolute atomic E-state index is 8.53. The summed E-state index contributed by atoms with van der Waals surface area (Å²) in [6, 6.07) is 9.61. The number of rotatable bonds is 3. The van der Waals surface area contributed by atoms with Crippen molar-refractivity contribution in [3.8, 4) is 6.07 Å². The number of hydrogen-bond donors (Lipinski definition) is 0. The lowest BCUT2D eigenvalue weighted by Crippen LogP contribution is -1.88. The van der Waals surface area contributed by atoms with E-state index in [1.165, 1.54) is 5.56 Å². The minimum absolute atomic E-state index is 0.699. The molecule has 1 aromatic rings. The fourth-order valence-electron chi connectivity index (χ4n) is 0.954. The normalized spacial score (nSPS) is 8.92. The Labute approximate surface area is 72.2 Å². The predicted molar refractivity (Wildman–Crippen MR) is 49.3 cm³/mol. The van der Waals surface area contributed by atoms with Crippen LogP contribution in [0.15, 0.2) is 29.3 Å². The molecule has 0 aliphatic rings. The van der Waals surface area contributed by atoms with Gasteiger partial charge in [-0.15, -0.1) is 0 Å². The standard InChI is InChI=1S/C10H10N2/c1-12-7-6-9-2-4-10(8-11)5-3-9/h2-5H,1,6-7H2. The van der Waals surface area contributed by atoms with Crippen LogP contribution in [0.4, 0.5) is 0 Å². The second-order valence-corrected chi connectivity index (χ2v) is 2.51. The molecule has 2 nitrogen and oxygen atoms in total. The van der Waals surface area contributed by atoms with Gasteiger partial charge in [0.1, 0.15) is 0 Å². The summed E-state index contributed by atoms with van der Waals surface area (Å²) in [6.07, 6.45) is 0.898. The minimum Gasteiger partial charge on any atom is -0.301 e. The Morgan fingerprint density at radius 2 is 2.00 bits per heavy atom. The van der Waals surface area contributed by atoms with Gasteiger partial charge in [-0.05, 0) is 30.8 Å². The number of benzene rings is 1. The number of aliphatic imine (C=N–C) groups is 1. The Kier molecular flexibility index (Phi) is 3.04.